The molecule has 2 aliphatic rings. The highest BCUT2D eigenvalue weighted by Gasteiger charge is 2.52. The van der Waals surface area contributed by atoms with Crippen LogP contribution in [0.4, 0.5) is 4.79 Å². The van der Waals surface area contributed by atoms with E-state index in [9.17, 15) is 9.59 Å². The number of carbonyl (C=O) groups excluding carboxylic acids is 2. The van der Waals surface area contributed by atoms with Crippen LogP contribution in [-0.4, -0.2) is 33.9 Å². The van der Waals surface area contributed by atoms with Gasteiger partial charge in [-0.15, -0.1) is 11.3 Å². The molecule has 0 saturated carbocycles. The van der Waals surface area contributed by atoms with E-state index in [0.29, 0.717) is 16.6 Å². The van der Waals surface area contributed by atoms with Crippen molar-refractivity contribution >= 4 is 46.6 Å². The van der Waals surface area contributed by atoms with E-state index in [4.69, 9.17) is 11.6 Å². The van der Waals surface area contributed by atoms with Crippen LogP contribution in [0.1, 0.15) is 11.3 Å². The smallest absolute Gasteiger partial charge is 0.322 e. The molecule has 7 heteroatoms. The number of amides is 3. The van der Waals surface area contributed by atoms with Crippen molar-refractivity contribution in [2.75, 3.05) is 11.5 Å². The summed E-state index contributed by atoms with van der Waals surface area (Å²) in [6.07, 6.45) is 0.726. The molecule has 2 aliphatic heterocycles. The maximum absolute atomic E-state index is 12.4. The minimum atomic E-state index is -0.650. The zero-order chi connectivity index (χ0) is 12.8. The lowest BCUT2D eigenvalue weighted by atomic mass is 9.99. The molecule has 1 unspecified atom stereocenters. The molecule has 1 aromatic heterocycles. The Balaban J connectivity index is 1.80. The van der Waals surface area contributed by atoms with Crippen LogP contribution in [-0.2, 0) is 11.3 Å². The Hall–Kier alpha value is -0.720. The summed E-state index contributed by atoms with van der Waals surface area (Å²) in [6, 6.07) is 3.34. The number of urea groups is 1. The van der Waals surface area contributed by atoms with E-state index >= 15 is 0 Å². The lowest BCUT2D eigenvalue weighted by Gasteiger charge is -2.18. The Labute approximate surface area is 118 Å². The SMILES string of the molecule is O=C1NC2(CCSC2)C(=O)N1Cc1ccc(Cl)s1. The summed E-state index contributed by atoms with van der Waals surface area (Å²) in [5.41, 5.74) is -0.650. The van der Waals surface area contributed by atoms with E-state index in [2.05, 4.69) is 5.32 Å². The van der Waals surface area contributed by atoms with Crippen molar-refractivity contribution in [1.29, 1.82) is 0 Å². The first-order valence-electron chi connectivity index (χ1n) is 5.57. The number of hydrogen-bond acceptors (Lipinski definition) is 4. The normalized spacial score (nSPS) is 27.3. The molecular formula is C11H11ClN2O2S2. The third-order valence-electron chi connectivity index (χ3n) is 3.21. The predicted molar refractivity (Wildman–Crippen MR) is 73.1 cm³/mol. The maximum Gasteiger partial charge on any atom is 0.325 e. The molecular weight excluding hydrogens is 292 g/mol. The van der Waals surface area contributed by atoms with Gasteiger partial charge in [0.25, 0.3) is 5.91 Å². The van der Waals surface area contributed by atoms with Crippen molar-refractivity contribution < 1.29 is 9.59 Å². The van der Waals surface area contributed by atoms with Crippen molar-refractivity contribution in [1.82, 2.24) is 10.2 Å². The molecule has 1 aromatic rings. The lowest BCUT2D eigenvalue weighted by Crippen LogP contribution is -2.46. The maximum atomic E-state index is 12.4. The zero-order valence-electron chi connectivity index (χ0n) is 9.44. The number of carbonyl (C=O) groups is 2. The van der Waals surface area contributed by atoms with Gasteiger partial charge in [0.05, 0.1) is 10.9 Å². The van der Waals surface area contributed by atoms with E-state index in [0.717, 1.165) is 17.1 Å². The van der Waals surface area contributed by atoms with Gasteiger partial charge in [0.1, 0.15) is 5.54 Å². The molecule has 1 atom stereocenters. The largest absolute Gasteiger partial charge is 0.325 e. The van der Waals surface area contributed by atoms with Crippen LogP contribution in [0.2, 0.25) is 4.34 Å². The average Bonchev–Trinajstić information content (AvgIpc) is 2.99. The van der Waals surface area contributed by atoms with Gasteiger partial charge in [-0.25, -0.2) is 4.79 Å². The highest BCUT2D eigenvalue weighted by molar-refractivity contribution is 7.99. The Bertz CT molecular complexity index is 511. The summed E-state index contributed by atoms with van der Waals surface area (Å²) in [6.45, 7) is 0.314. The van der Waals surface area contributed by atoms with Gasteiger partial charge in [-0.2, -0.15) is 11.8 Å². The summed E-state index contributed by atoms with van der Waals surface area (Å²) in [5.74, 6) is 1.51. The molecule has 3 rings (SSSR count). The fourth-order valence-electron chi connectivity index (χ4n) is 2.24. The van der Waals surface area contributed by atoms with E-state index in [1.54, 1.807) is 17.8 Å². The Morgan fingerprint density at radius 1 is 1.44 bits per heavy atom. The second-order valence-corrected chi connectivity index (χ2v) is 7.32. The van der Waals surface area contributed by atoms with E-state index in [1.807, 2.05) is 6.07 Å². The first-order valence-corrected chi connectivity index (χ1v) is 7.92. The van der Waals surface area contributed by atoms with Gasteiger partial charge in [0, 0.05) is 10.6 Å². The van der Waals surface area contributed by atoms with Gasteiger partial charge in [-0.1, -0.05) is 11.6 Å². The fourth-order valence-corrected chi connectivity index (χ4v) is 4.65. The highest BCUT2D eigenvalue weighted by atomic mass is 35.5. The van der Waals surface area contributed by atoms with Gasteiger partial charge in [0.2, 0.25) is 0 Å². The molecule has 96 valence electrons. The van der Waals surface area contributed by atoms with Crippen molar-refractivity contribution in [2.24, 2.45) is 0 Å². The minimum absolute atomic E-state index is 0.0953. The van der Waals surface area contributed by atoms with Gasteiger partial charge < -0.3 is 5.32 Å². The molecule has 2 saturated heterocycles. The number of rotatable bonds is 2. The third kappa shape index (κ3) is 1.92. The Kier molecular flexibility index (Phi) is 3.03. The van der Waals surface area contributed by atoms with Gasteiger partial charge in [-0.3, -0.25) is 9.69 Å². The molecule has 0 radical (unpaired) electrons. The zero-order valence-corrected chi connectivity index (χ0v) is 11.8. The summed E-state index contributed by atoms with van der Waals surface area (Å²) in [4.78, 5) is 26.5. The summed E-state index contributed by atoms with van der Waals surface area (Å²) in [7, 11) is 0. The monoisotopic (exact) mass is 302 g/mol. The van der Waals surface area contributed by atoms with Crippen LogP contribution < -0.4 is 5.32 Å². The molecule has 0 aromatic carbocycles. The number of imide groups is 1. The molecule has 0 aliphatic carbocycles. The van der Waals surface area contributed by atoms with E-state index in [1.165, 1.54) is 16.2 Å². The molecule has 3 heterocycles. The Morgan fingerprint density at radius 2 is 2.28 bits per heavy atom. The van der Waals surface area contributed by atoms with Crippen molar-refractivity contribution in [3.63, 3.8) is 0 Å². The first-order chi connectivity index (χ1) is 8.61. The second-order valence-electron chi connectivity index (χ2n) is 4.41. The number of thiophene rings is 1. The van der Waals surface area contributed by atoms with E-state index in [-0.39, 0.29) is 11.9 Å². The second kappa shape index (κ2) is 4.43. The molecule has 3 amide bonds. The number of nitrogens with zero attached hydrogens (tertiary/aromatic N) is 1. The molecule has 4 nitrogen and oxygen atoms in total. The minimum Gasteiger partial charge on any atom is -0.322 e. The molecule has 1 spiro atoms. The number of nitrogens with one attached hydrogen (secondary N) is 1. The van der Waals surface area contributed by atoms with Gasteiger partial charge in [-0.05, 0) is 24.3 Å². The van der Waals surface area contributed by atoms with Crippen molar-refractivity contribution in [3.05, 3.63) is 21.3 Å². The highest BCUT2D eigenvalue weighted by Crippen LogP contribution is 2.34. The summed E-state index contributed by atoms with van der Waals surface area (Å²) >= 11 is 8.95. The Morgan fingerprint density at radius 3 is 2.89 bits per heavy atom. The van der Waals surface area contributed by atoms with Crippen LogP contribution in [0.15, 0.2) is 12.1 Å². The molecule has 0 bridgehead atoms. The number of thioether (sulfide) groups is 1. The fraction of sp³-hybridized carbons (Fsp3) is 0.455. The van der Waals surface area contributed by atoms with Gasteiger partial charge in [0.15, 0.2) is 0 Å². The molecule has 2 fully saturated rings. The van der Waals surface area contributed by atoms with Crippen molar-refractivity contribution in [2.45, 2.75) is 18.5 Å². The predicted octanol–water partition coefficient (Wildman–Crippen LogP) is 2.33. The molecule has 18 heavy (non-hydrogen) atoms. The third-order valence-corrected chi connectivity index (χ3v) is 5.62. The van der Waals surface area contributed by atoms with Crippen LogP contribution >= 0.6 is 34.7 Å². The number of halogens is 1. The summed E-state index contributed by atoms with van der Waals surface area (Å²) < 4.78 is 0.670. The van der Waals surface area contributed by atoms with Gasteiger partial charge >= 0.3 is 6.03 Å². The topological polar surface area (TPSA) is 49.4 Å². The average molecular weight is 303 g/mol. The van der Waals surface area contributed by atoms with E-state index < -0.39 is 5.54 Å². The quantitative estimate of drug-likeness (QED) is 0.853. The van der Waals surface area contributed by atoms with Crippen LogP contribution in [0.5, 0.6) is 0 Å². The standard InChI is InChI=1S/C11H11ClN2O2S2/c12-8-2-1-7(18-8)5-14-9(15)11(13-10(14)16)3-4-17-6-11/h1-2H,3-6H2,(H,13,16). The van der Waals surface area contributed by atoms with Crippen LogP contribution in [0, 0.1) is 0 Å². The van der Waals surface area contributed by atoms with Crippen LogP contribution in [0.3, 0.4) is 0 Å². The number of hydrogen-bond donors (Lipinski definition) is 1. The van der Waals surface area contributed by atoms with Crippen LogP contribution in [0.25, 0.3) is 0 Å². The molecule has 1 N–H and O–H groups in total. The summed E-state index contributed by atoms with van der Waals surface area (Å²) in [5, 5.41) is 2.84. The lowest BCUT2D eigenvalue weighted by molar-refractivity contribution is -0.130. The first kappa shape index (κ1) is 12.3. The van der Waals surface area contributed by atoms with Crippen molar-refractivity contribution in [3.8, 4) is 0 Å².